The summed E-state index contributed by atoms with van der Waals surface area (Å²) < 4.78 is 10.9. The van der Waals surface area contributed by atoms with E-state index < -0.39 is 0 Å². The number of carbonyl (C=O) groups is 1. The molecule has 3 heterocycles. The maximum atomic E-state index is 12.8. The van der Waals surface area contributed by atoms with Crippen LogP contribution < -0.4 is 9.47 Å². The van der Waals surface area contributed by atoms with Crippen molar-refractivity contribution in [1.82, 2.24) is 25.1 Å². The molecule has 0 aromatic carbocycles. The quantitative estimate of drug-likeness (QED) is 0.913. The predicted octanol–water partition coefficient (Wildman–Crippen LogP) is 1.51. The van der Waals surface area contributed by atoms with Gasteiger partial charge < -0.3 is 14.4 Å². The molecule has 0 aliphatic carbocycles. The van der Waals surface area contributed by atoms with Gasteiger partial charge in [-0.2, -0.15) is 10.1 Å². The second-order valence-corrected chi connectivity index (χ2v) is 5.84. The first-order valence-electron chi connectivity index (χ1n) is 7.92. The fourth-order valence-electron chi connectivity index (χ4n) is 2.90. The average molecular weight is 331 g/mol. The SMILES string of the molecule is COc1cncc(OC2CCCN(C(=O)c3c(C)n[nH]c3C)C2)n1. The molecule has 2 aromatic heterocycles. The highest BCUT2D eigenvalue weighted by Gasteiger charge is 2.28. The van der Waals surface area contributed by atoms with Crippen LogP contribution in [0.4, 0.5) is 0 Å². The molecule has 3 rings (SSSR count). The summed E-state index contributed by atoms with van der Waals surface area (Å²) in [7, 11) is 1.53. The topological polar surface area (TPSA) is 93.2 Å². The third-order valence-corrected chi connectivity index (χ3v) is 4.09. The molecule has 0 bridgehead atoms. The highest BCUT2D eigenvalue weighted by atomic mass is 16.5. The molecule has 1 atom stereocenters. The van der Waals surface area contributed by atoms with E-state index >= 15 is 0 Å². The van der Waals surface area contributed by atoms with Crippen molar-refractivity contribution in [3.63, 3.8) is 0 Å². The lowest BCUT2D eigenvalue weighted by Gasteiger charge is -2.32. The Morgan fingerprint density at radius 3 is 2.83 bits per heavy atom. The normalized spacial score (nSPS) is 17.6. The number of aromatic amines is 1. The van der Waals surface area contributed by atoms with Crippen LogP contribution in [0.5, 0.6) is 11.8 Å². The molecule has 24 heavy (non-hydrogen) atoms. The Balaban J connectivity index is 1.69. The number of aromatic nitrogens is 4. The smallest absolute Gasteiger partial charge is 0.257 e. The Bertz CT molecular complexity index is 711. The number of likely N-dealkylation sites (tertiary alicyclic amines) is 1. The molecule has 8 nitrogen and oxygen atoms in total. The van der Waals surface area contributed by atoms with Crippen LogP contribution >= 0.6 is 0 Å². The van der Waals surface area contributed by atoms with Crippen LogP contribution in [0.1, 0.15) is 34.6 Å². The minimum atomic E-state index is -0.114. The van der Waals surface area contributed by atoms with Crippen molar-refractivity contribution in [3.8, 4) is 11.8 Å². The number of hydrogen-bond acceptors (Lipinski definition) is 6. The van der Waals surface area contributed by atoms with Gasteiger partial charge in [-0.3, -0.25) is 14.9 Å². The van der Waals surface area contributed by atoms with Gasteiger partial charge in [0.2, 0.25) is 11.8 Å². The van der Waals surface area contributed by atoms with E-state index in [0.29, 0.717) is 30.4 Å². The van der Waals surface area contributed by atoms with Crippen molar-refractivity contribution in [2.45, 2.75) is 32.8 Å². The molecule has 128 valence electrons. The lowest BCUT2D eigenvalue weighted by atomic mass is 10.1. The number of nitrogens with zero attached hydrogens (tertiary/aromatic N) is 4. The monoisotopic (exact) mass is 331 g/mol. The zero-order chi connectivity index (χ0) is 17.1. The fraction of sp³-hybridized carbons (Fsp3) is 0.500. The van der Waals surface area contributed by atoms with Crippen LogP contribution in [0, 0.1) is 13.8 Å². The number of rotatable bonds is 4. The summed E-state index contributed by atoms with van der Waals surface area (Å²) in [6.45, 7) is 4.92. The van der Waals surface area contributed by atoms with Gasteiger partial charge in [-0.1, -0.05) is 0 Å². The number of methoxy groups -OCH3 is 1. The lowest BCUT2D eigenvalue weighted by molar-refractivity contribution is 0.0524. The van der Waals surface area contributed by atoms with Crippen LogP contribution in [0.3, 0.4) is 0 Å². The van der Waals surface area contributed by atoms with Gasteiger partial charge in [0.05, 0.1) is 37.3 Å². The summed E-state index contributed by atoms with van der Waals surface area (Å²) in [4.78, 5) is 22.8. The van der Waals surface area contributed by atoms with Crippen LogP contribution in [-0.4, -0.2) is 57.3 Å². The maximum Gasteiger partial charge on any atom is 0.257 e. The van der Waals surface area contributed by atoms with Crippen LogP contribution in [0.25, 0.3) is 0 Å². The molecule has 1 aliphatic heterocycles. The molecule has 1 fully saturated rings. The van der Waals surface area contributed by atoms with Gasteiger partial charge in [-0.05, 0) is 26.7 Å². The number of aryl methyl sites for hydroxylation is 2. The summed E-state index contributed by atoms with van der Waals surface area (Å²) in [6.07, 6.45) is 4.70. The Kier molecular flexibility index (Phi) is 4.64. The molecule has 8 heteroatoms. The highest BCUT2D eigenvalue weighted by Crippen LogP contribution is 2.21. The molecular formula is C16H21N5O3. The van der Waals surface area contributed by atoms with Crippen LogP contribution in [0.2, 0.25) is 0 Å². The van der Waals surface area contributed by atoms with Gasteiger partial charge in [0, 0.05) is 12.2 Å². The predicted molar refractivity (Wildman–Crippen MR) is 86.2 cm³/mol. The molecular weight excluding hydrogens is 310 g/mol. The molecule has 1 unspecified atom stereocenters. The van der Waals surface area contributed by atoms with Crippen molar-refractivity contribution < 1.29 is 14.3 Å². The molecule has 0 saturated carbocycles. The molecule has 0 spiro atoms. The minimum Gasteiger partial charge on any atom is -0.480 e. The molecule has 1 saturated heterocycles. The van der Waals surface area contributed by atoms with Gasteiger partial charge in [0.25, 0.3) is 5.91 Å². The van der Waals surface area contributed by atoms with E-state index in [2.05, 4.69) is 20.2 Å². The standard InChI is InChI=1S/C16H21N5O3/c1-10-15(11(2)20-19-10)16(22)21-6-4-5-12(9-21)24-14-8-17-7-13(18-14)23-3/h7-8,12H,4-6,9H2,1-3H3,(H,19,20). The maximum absolute atomic E-state index is 12.8. The number of H-pyrrole nitrogens is 1. The number of piperidine rings is 1. The Labute approximate surface area is 140 Å². The van der Waals surface area contributed by atoms with Gasteiger partial charge in [-0.25, -0.2) is 0 Å². The van der Waals surface area contributed by atoms with Gasteiger partial charge >= 0.3 is 0 Å². The molecule has 2 aromatic rings. The number of carbonyl (C=O) groups excluding carboxylic acids is 1. The third-order valence-electron chi connectivity index (χ3n) is 4.09. The first kappa shape index (κ1) is 16.2. The van der Waals surface area contributed by atoms with Crippen molar-refractivity contribution >= 4 is 5.91 Å². The highest BCUT2D eigenvalue weighted by molar-refractivity contribution is 5.96. The average Bonchev–Trinajstić information content (AvgIpc) is 2.93. The van der Waals surface area contributed by atoms with Crippen LogP contribution in [-0.2, 0) is 0 Å². The zero-order valence-corrected chi connectivity index (χ0v) is 14.1. The fourth-order valence-corrected chi connectivity index (χ4v) is 2.90. The van der Waals surface area contributed by atoms with Crippen molar-refractivity contribution in [1.29, 1.82) is 0 Å². The second-order valence-electron chi connectivity index (χ2n) is 5.84. The van der Waals surface area contributed by atoms with Crippen molar-refractivity contribution in [3.05, 3.63) is 29.3 Å². The Morgan fingerprint density at radius 2 is 2.12 bits per heavy atom. The molecule has 1 amide bonds. The van der Waals surface area contributed by atoms with E-state index in [0.717, 1.165) is 24.2 Å². The van der Waals surface area contributed by atoms with Gasteiger partial charge in [-0.15, -0.1) is 0 Å². The van der Waals surface area contributed by atoms with E-state index in [4.69, 9.17) is 9.47 Å². The van der Waals surface area contributed by atoms with E-state index in [1.54, 1.807) is 6.20 Å². The molecule has 1 aliphatic rings. The number of nitrogens with one attached hydrogen (secondary N) is 1. The summed E-state index contributed by atoms with van der Waals surface area (Å²) in [5.74, 6) is 0.800. The number of ether oxygens (including phenoxy) is 2. The Hall–Kier alpha value is -2.64. The van der Waals surface area contributed by atoms with E-state index in [9.17, 15) is 4.79 Å². The first-order chi connectivity index (χ1) is 11.6. The summed E-state index contributed by atoms with van der Waals surface area (Å²) >= 11 is 0. The van der Waals surface area contributed by atoms with E-state index in [1.807, 2.05) is 18.7 Å². The third kappa shape index (κ3) is 3.32. The van der Waals surface area contributed by atoms with Crippen molar-refractivity contribution in [2.75, 3.05) is 20.2 Å². The van der Waals surface area contributed by atoms with Gasteiger partial charge in [0.1, 0.15) is 6.10 Å². The van der Waals surface area contributed by atoms with Crippen LogP contribution in [0.15, 0.2) is 12.4 Å². The first-order valence-corrected chi connectivity index (χ1v) is 7.92. The summed E-state index contributed by atoms with van der Waals surface area (Å²) in [5, 5.41) is 6.96. The largest absolute Gasteiger partial charge is 0.480 e. The van der Waals surface area contributed by atoms with E-state index in [1.165, 1.54) is 13.3 Å². The molecule has 0 radical (unpaired) electrons. The van der Waals surface area contributed by atoms with Crippen molar-refractivity contribution in [2.24, 2.45) is 0 Å². The second kappa shape index (κ2) is 6.86. The Morgan fingerprint density at radius 1 is 1.33 bits per heavy atom. The molecule has 1 N–H and O–H groups in total. The summed E-state index contributed by atoms with van der Waals surface area (Å²) in [5.41, 5.74) is 2.16. The van der Waals surface area contributed by atoms with Gasteiger partial charge in [0.15, 0.2) is 0 Å². The number of amides is 1. The zero-order valence-electron chi connectivity index (χ0n) is 14.1. The number of hydrogen-bond donors (Lipinski definition) is 1. The van der Waals surface area contributed by atoms with E-state index in [-0.39, 0.29) is 12.0 Å². The minimum absolute atomic E-state index is 0.0104. The summed E-state index contributed by atoms with van der Waals surface area (Å²) in [6, 6.07) is 0. The lowest BCUT2D eigenvalue weighted by Crippen LogP contribution is -2.44.